The molecule has 0 fully saturated rings. The second kappa shape index (κ2) is 12.3. The number of ketones is 2. The zero-order chi connectivity index (χ0) is 35.6. The van der Waals surface area contributed by atoms with Gasteiger partial charge in [-0.15, -0.1) is 0 Å². The molecule has 0 amide bonds. The van der Waals surface area contributed by atoms with Crippen molar-refractivity contribution in [3.8, 4) is 11.5 Å². The lowest BCUT2D eigenvalue weighted by atomic mass is 9.63. The van der Waals surface area contributed by atoms with Gasteiger partial charge in [-0.3, -0.25) is 19.7 Å². The molecule has 12 heteroatoms. The number of nitro groups is 1. The van der Waals surface area contributed by atoms with Crippen molar-refractivity contribution in [3.63, 3.8) is 0 Å². The van der Waals surface area contributed by atoms with Crippen molar-refractivity contribution in [2.75, 3.05) is 0 Å². The van der Waals surface area contributed by atoms with E-state index in [4.69, 9.17) is 27.9 Å². The van der Waals surface area contributed by atoms with E-state index in [0.29, 0.717) is 42.7 Å². The van der Waals surface area contributed by atoms with Crippen LogP contribution in [0.15, 0.2) is 83.2 Å². The number of benzene rings is 3. The van der Waals surface area contributed by atoms with Gasteiger partial charge in [0.05, 0.1) is 15.5 Å². The zero-order valence-electron chi connectivity index (χ0n) is 27.2. The molecule has 1 aliphatic heterocycles. The average molecular weight is 714 g/mol. The van der Waals surface area contributed by atoms with Gasteiger partial charge in [-0.1, -0.05) is 81.2 Å². The SMILES string of the molecule is CC1(C)CC(=O)C2=C(C1)N(Cc1ccccc1)C1=C(C(=O)CC(C)(C)C1)C2c1cc(Cl)cc(Cl)c1Oc1ccc(C(F)(F)F)cc1[N+](=O)[O-]. The van der Waals surface area contributed by atoms with Gasteiger partial charge in [-0.25, -0.2) is 0 Å². The van der Waals surface area contributed by atoms with Gasteiger partial charge in [0.15, 0.2) is 17.3 Å². The predicted octanol–water partition coefficient (Wildman–Crippen LogP) is 10.6. The van der Waals surface area contributed by atoms with Crippen LogP contribution in [0.3, 0.4) is 0 Å². The smallest absolute Gasteiger partial charge is 0.416 e. The molecule has 256 valence electrons. The maximum absolute atomic E-state index is 14.3. The summed E-state index contributed by atoms with van der Waals surface area (Å²) >= 11 is 13.3. The fraction of sp³-hybridized carbons (Fsp3) is 0.351. The van der Waals surface area contributed by atoms with Gasteiger partial charge in [-0.05, 0) is 53.5 Å². The van der Waals surface area contributed by atoms with Gasteiger partial charge in [0, 0.05) is 64.5 Å². The summed E-state index contributed by atoms with van der Waals surface area (Å²) in [5.74, 6) is -2.00. The molecule has 3 aromatic rings. The number of Topliss-reactive ketones (excluding diaryl/α,β-unsaturated/α-hetero) is 2. The van der Waals surface area contributed by atoms with Crippen molar-refractivity contribution < 1.29 is 32.4 Å². The Kier molecular flexibility index (Phi) is 8.72. The second-order valence-corrected chi connectivity index (χ2v) is 15.3. The molecule has 3 aromatic carbocycles. The van der Waals surface area contributed by atoms with Crippen LogP contribution in [0.1, 0.15) is 76.0 Å². The maximum atomic E-state index is 14.3. The molecule has 0 bridgehead atoms. The summed E-state index contributed by atoms with van der Waals surface area (Å²) in [5.41, 5.74) is 0.485. The Morgan fingerprint density at radius 1 is 0.878 bits per heavy atom. The maximum Gasteiger partial charge on any atom is 0.416 e. The van der Waals surface area contributed by atoms with Crippen LogP contribution in [0.2, 0.25) is 10.0 Å². The number of nitrogens with zero attached hydrogens (tertiary/aromatic N) is 2. The van der Waals surface area contributed by atoms with E-state index in [2.05, 4.69) is 4.90 Å². The Balaban J connectivity index is 1.61. The van der Waals surface area contributed by atoms with Gasteiger partial charge >= 0.3 is 11.9 Å². The van der Waals surface area contributed by atoms with Gasteiger partial charge in [0.25, 0.3) is 0 Å². The molecule has 0 radical (unpaired) electrons. The van der Waals surface area contributed by atoms with Crippen molar-refractivity contribution in [3.05, 3.63) is 120 Å². The summed E-state index contributed by atoms with van der Waals surface area (Å²) in [4.78, 5) is 41.8. The normalized spacial score (nSPS) is 19.2. The molecule has 0 spiro atoms. The first kappa shape index (κ1) is 34.7. The zero-order valence-corrected chi connectivity index (χ0v) is 28.7. The number of allylic oxidation sites excluding steroid dienone is 4. The minimum absolute atomic E-state index is 0.0973. The van der Waals surface area contributed by atoms with Crippen LogP contribution in [0, 0.1) is 20.9 Å². The van der Waals surface area contributed by atoms with Crippen molar-refractivity contribution in [1.82, 2.24) is 4.90 Å². The van der Waals surface area contributed by atoms with Crippen molar-refractivity contribution in [2.24, 2.45) is 10.8 Å². The molecule has 0 N–H and O–H groups in total. The molecular formula is C37H33Cl2F3N2O5. The Hall–Kier alpha value is -4.15. The molecule has 7 nitrogen and oxygen atoms in total. The van der Waals surface area contributed by atoms with Gasteiger partial charge in [0.1, 0.15) is 0 Å². The number of hydrogen-bond donors (Lipinski definition) is 0. The van der Waals surface area contributed by atoms with E-state index in [0.717, 1.165) is 23.0 Å². The Morgan fingerprint density at radius 3 is 1.98 bits per heavy atom. The fourth-order valence-corrected chi connectivity index (χ4v) is 7.80. The number of nitro benzene ring substituents is 1. The van der Waals surface area contributed by atoms with E-state index in [1.807, 2.05) is 58.0 Å². The van der Waals surface area contributed by atoms with Crippen molar-refractivity contribution in [2.45, 2.75) is 72.0 Å². The first-order valence-corrected chi connectivity index (χ1v) is 16.5. The Morgan fingerprint density at radius 2 is 1.45 bits per heavy atom. The standard InChI is InChI=1S/C37H33Cl2F3N2O5/c1-35(2)15-26-32(28(45)17-35)31(33-27(16-36(3,4)18-29(33)46)43(26)19-20-8-6-5-7-9-20)23-13-22(38)14-24(39)34(23)49-30-11-10-21(37(40,41)42)12-25(30)44(47)48/h5-14,31H,15-19H2,1-4H3. The third kappa shape index (κ3) is 6.73. The van der Waals surface area contributed by atoms with Crippen LogP contribution < -0.4 is 4.74 Å². The van der Waals surface area contributed by atoms with Gasteiger partial charge in [-0.2, -0.15) is 13.2 Å². The first-order chi connectivity index (χ1) is 22.8. The topological polar surface area (TPSA) is 89.8 Å². The lowest BCUT2D eigenvalue weighted by Gasteiger charge is -2.49. The highest BCUT2D eigenvalue weighted by Crippen LogP contribution is 2.57. The number of ether oxygens (including phenoxy) is 1. The highest BCUT2D eigenvalue weighted by molar-refractivity contribution is 6.35. The lowest BCUT2D eigenvalue weighted by Crippen LogP contribution is -2.44. The molecule has 49 heavy (non-hydrogen) atoms. The van der Waals surface area contributed by atoms with Crippen LogP contribution in [0.25, 0.3) is 0 Å². The van der Waals surface area contributed by atoms with E-state index < -0.39 is 44.8 Å². The molecule has 3 aliphatic rings. The molecule has 2 aliphatic carbocycles. The lowest BCUT2D eigenvalue weighted by molar-refractivity contribution is -0.385. The summed E-state index contributed by atoms with van der Waals surface area (Å²) in [5, 5.41) is 12.0. The van der Waals surface area contributed by atoms with E-state index in [9.17, 15) is 32.9 Å². The van der Waals surface area contributed by atoms with Crippen molar-refractivity contribution in [1.29, 1.82) is 0 Å². The number of alkyl halides is 3. The van der Waals surface area contributed by atoms with Crippen LogP contribution in [-0.4, -0.2) is 21.4 Å². The summed E-state index contributed by atoms with van der Waals surface area (Å²) in [6.07, 6.45) is -3.43. The van der Waals surface area contributed by atoms with Crippen LogP contribution in [0.4, 0.5) is 18.9 Å². The molecule has 0 saturated heterocycles. The molecule has 1 heterocycles. The van der Waals surface area contributed by atoms with Crippen LogP contribution >= 0.6 is 23.2 Å². The van der Waals surface area contributed by atoms with Gasteiger partial charge in [0.2, 0.25) is 5.75 Å². The minimum Gasteiger partial charge on any atom is -0.448 e. The van der Waals surface area contributed by atoms with Gasteiger partial charge < -0.3 is 9.64 Å². The second-order valence-electron chi connectivity index (χ2n) is 14.5. The highest BCUT2D eigenvalue weighted by Gasteiger charge is 2.50. The summed E-state index contributed by atoms with van der Waals surface area (Å²) in [6.45, 7) is 8.46. The number of halogens is 5. The Bertz CT molecular complexity index is 1910. The average Bonchev–Trinajstić information content (AvgIpc) is 2.98. The number of carbonyl (C=O) groups excluding carboxylic acids is 2. The summed E-state index contributed by atoms with van der Waals surface area (Å²) < 4.78 is 46.5. The highest BCUT2D eigenvalue weighted by atomic mass is 35.5. The molecule has 0 saturated carbocycles. The van der Waals surface area contributed by atoms with Crippen LogP contribution in [-0.2, 0) is 22.3 Å². The summed E-state index contributed by atoms with van der Waals surface area (Å²) in [6, 6.07) is 14.5. The largest absolute Gasteiger partial charge is 0.448 e. The number of carbonyl (C=O) groups is 2. The fourth-order valence-electron chi connectivity index (χ4n) is 7.25. The first-order valence-electron chi connectivity index (χ1n) is 15.7. The third-order valence-corrected chi connectivity index (χ3v) is 9.75. The van der Waals surface area contributed by atoms with E-state index in [1.165, 1.54) is 12.1 Å². The molecule has 6 rings (SSSR count). The summed E-state index contributed by atoms with van der Waals surface area (Å²) in [7, 11) is 0. The predicted molar refractivity (Wildman–Crippen MR) is 179 cm³/mol. The van der Waals surface area contributed by atoms with E-state index in [1.54, 1.807) is 0 Å². The molecular weight excluding hydrogens is 680 g/mol. The molecule has 0 aromatic heterocycles. The monoisotopic (exact) mass is 712 g/mol. The van der Waals surface area contributed by atoms with Crippen molar-refractivity contribution >= 4 is 40.5 Å². The minimum atomic E-state index is -4.84. The molecule has 0 unspecified atom stereocenters. The number of rotatable bonds is 6. The third-order valence-electron chi connectivity index (χ3n) is 9.25. The van der Waals surface area contributed by atoms with Crippen LogP contribution in [0.5, 0.6) is 11.5 Å². The Labute approximate surface area is 291 Å². The quantitative estimate of drug-likeness (QED) is 0.187. The van der Waals surface area contributed by atoms with E-state index >= 15 is 0 Å². The number of hydrogen-bond acceptors (Lipinski definition) is 6. The van der Waals surface area contributed by atoms with E-state index in [-0.39, 0.29) is 45.8 Å². The molecule has 0 atom stereocenters.